The van der Waals surface area contributed by atoms with E-state index < -0.39 is 12.0 Å². The molecule has 6 aromatic rings. The molecule has 1 aliphatic rings. The molecule has 39 heavy (non-hydrogen) atoms. The number of hydrogen-bond acceptors (Lipinski definition) is 4. The third kappa shape index (κ3) is 4.46. The number of aryl methyl sites for hydroxylation is 4. The van der Waals surface area contributed by atoms with Crippen molar-refractivity contribution in [1.29, 1.82) is 0 Å². The molecule has 1 N–H and O–H groups in total. The van der Waals surface area contributed by atoms with Gasteiger partial charge in [-0.15, -0.1) is 0 Å². The van der Waals surface area contributed by atoms with Crippen LogP contribution in [-0.4, -0.2) is 25.8 Å². The predicted octanol–water partition coefficient (Wildman–Crippen LogP) is 7.06. The molecule has 7 rings (SSSR count). The molecule has 3 aromatic carbocycles. The first-order valence-electron chi connectivity index (χ1n) is 13.7. The second kappa shape index (κ2) is 9.70. The molecule has 0 radical (unpaired) electrons. The van der Waals surface area contributed by atoms with Gasteiger partial charge in [-0.2, -0.15) is 5.10 Å². The lowest BCUT2D eigenvalue weighted by Crippen LogP contribution is -2.16. The highest BCUT2D eigenvalue weighted by Gasteiger charge is 2.22. The zero-order valence-corrected chi connectivity index (χ0v) is 21.6. The van der Waals surface area contributed by atoms with E-state index in [0.717, 1.165) is 69.8 Å². The maximum atomic E-state index is 11.9. The van der Waals surface area contributed by atoms with Crippen molar-refractivity contribution in [2.24, 2.45) is 0 Å². The number of aromatic nitrogens is 3. The van der Waals surface area contributed by atoms with E-state index in [1.165, 1.54) is 29.7 Å². The summed E-state index contributed by atoms with van der Waals surface area (Å²) in [5, 5.41) is 17.5. The van der Waals surface area contributed by atoms with Crippen LogP contribution >= 0.6 is 0 Å². The van der Waals surface area contributed by atoms with E-state index in [4.69, 9.17) is 9.40 Å². The Labute approximate surface area is 225 Å². The van der Waals surface area contributed by atoms with Crippen molar-refractivity contribution in [3.05, 3.63) is 107 Å². The molecule has 0 bridgehead atoms. The fourth-order valence-electron chi connectivity index (χ4n) is 6.01. The summed E-state index contributed by atoms with van der Waals surface area (Å²) < 4.78 is 7.92. The summed E-state index contributed by atoms with van der Waals surface area (Å²) >= 11 is 0. The summed E-state index contributed by atoms with van der Waals surface area (Å²) in [7, 11) is 0. The minimum Gasteiger partial charge on any atom is -0.481 e. The van der Waals surface area contributed by atoms with Gasteiger partial charge in [-0.1, -0.05) is 42.5 Å². The Bertz CT molecular complexity index is 1850. The predicted molar refractivity (Wildman–Crippen MR) is 152 cm³/mol. The highest BCUT2D eigenvalue weighted by atomic mass is 16.4. The molecule has 6 nitrogen and oxygen atoms in total. The Morgan fingerprint density at radius 3 is 2.72 bits per heavy atom. The molecule has 0 aliphatic heterocycles. The van der Waals surface area contributed by atoms with Crippen LogP contribution in [0.1, 0.15) is 53.4 Å². The van der Waals surface area contributed by atoms with Crippen molar-refractivity contribution in [3.63, 3.8) is 0 Å². The lowest BCUT2D eigenvalue weighted by Gasteiger charge is -2.18. The van der Waals surface area contributed by atoms with E-state index in [9.17, 15) is 9.90 Å². The largest absolute Gasteiger partial charge is 0.481 e. The average molecular weight is 516 g/mol. The number of rotatable bonds is 7. The summed E-state index contributed by atoms with van der Waals surface area (Å²) in [4.78, 5) is 16.8. The van der Waals surface area contributed by atoms with E-state index in [2.05, 4.69) is 35.4 Å². The van der Waals surface area contributed by atoms with Gasteiger partial charge in [0, 0.05) is 27.5 Å². The van der Waals surface area contributed by atoms with Crippen molar-refractivity contribution < 1.29 is 14.3 Å². The standard InChI is InChI=1S/C33H29N3O3/c37-33(38)19-30(23-12-15-27-26-6-2-4-8-31(26)39-32(27)18-23)36-29-16-10-21(17-24(29)20-34-36)9-13-25-14-11-22-5-1-3-7-28(22)35-25/h2,4,6,8,10-12,14-18,20,30H,1,3,5,7,9,13,19H2,(H,37,38). The van der Waals surface area contributed by atoms with Crippen LogP contribution in [0.5, 0.6) is 0 Å². The van der Waals surface area contributed by atoms with Gasteiger partial charge in [0.2, 0.25) is 0 Å². The topological polar surface area (TPSA) is 81.1 Å². The third-order valence-corrected chi connectivity index (χ3v) is 8.02. The lowest BCUT2D eigenvalue weighted by molar-refractivity contribution is -0.137. The number of carboxylic acids is 1. The quantitative estimate of drug-likeness (QED) is 0.246. The number of aliphatic carboxylic acids is 1. The monoisotopic (exact) mass is 515 g/mol. The lowest BCUT2D eigenvalue weighted by atomic mass is 9.95. The summed E-state index contributed by atoms with van der Waals surface area (Å²) in [6, 6.07) is 24.2. The van der Waals surface area contributed by atoms with Crippen LogP contribution in [0.25, 0.3) is 32.8 Å². The van der Waals surface area contributed by atoms with E-state index in [1.807, 2.05) is 53.3 Å². The number of carboxylic acid groups (broad SMARTS) is 1. The Morgan fingerprint density at radius 1 is 0.923 bits per heavy atom. The summed E-state index contributed by atoms with van der Waals surface area (Å²) in [6.07, 6.45) is 8.30. The van der Waals surface area contributed by atoms with Gasteiger partial charge in [0.05, 0.1) is 24.2 Å². The molecule has 3 aromatic heterocycles. The molecule has 0 amide bonds. The van der Waals surface area contributed by atoms with Crippen LogP contribution in [-0.2, 0) is 30.5 Å². The number of carbonyl (C=O) groups is 1. The molecule has 0 spiro atoms. The number of nitrogens with zero attached hydrogens (tertiary/aromatic N) is 3. The Kier molecular flexibility index (Phi) is 5.88. The van der Waals surface area contributed by atoms with Gasteiger partial charge in [0.25, 0.3) is 0 Å². The van der Waals surface area contributed by atoms with Crippen LogP contribution in [0.2, 0.25) is 0 Å². The first-order chi connectivity index (χ1) is 19.1. The van der Waals surface area contributed by atoms with Gasteiger partial charge in [0.15, 0.2) is 0 Å². The first-order valence-corrected chi connectivity index (χ1v) is 13.7. The Balaban J connectivity index is 1.18. The second-order valence-electron chi connectivity index (χ2n) is 10.6. The van der Waals surface area contributed by atoms with Gasteiger partial charge in [-0.05, 0) is 85.5 Å². The molecule has 0 saturated carbocycles. The molecule has 194 valence electrons. The number of para-hydroxylation sites is 1. The highest BCUT2D eigenvalue weighted by molar-refractivity contribution is 6.05. The Hall–Kier alpha value is -4.45. The van der Waals surface area contributed by atoms with E-state index in [-0.39, 0.29) is 6.42 Å². The van der Waals surface area contributed by atoms with Crippen LogP contribution in [0.15, 0.2) is 83.4 Å². The van der Waals surface area contributed by atoms with Crippen LogP contribution in [0.4, 0.5) is 0 Å². The zero-order valence-electron chi connectivity index (χ0n) is 21.6. The zero-order chi connectivity index (χ0) is 26.3. The molecular weight excluding hydrogens is 486 g/mol. The van der Waals surface area contributed by atoms with Crippen LogP contribution in [0.3, 0.4) is 0 Å². The number of pyridine rings is 1. The van der Waals surface area contributed by atoms with Crippen molar-refractivity contribution in [1.82, 2.24) is 14.8 Å². The van der Waals surface area contributed by atoms with Gasteiger partial charge in [-0.25, -0.2) is 0 Å². The van der Waals surface area contributed by atoms with E-state index in [1.54, 1.807) is 0 Å². The smallest absolute Gasteiger partial charge is 0.305 e. The summed E-state index contributed by atoms with van der Waals surface area (Å²) in [5.74, 6) is -0.873. The van der Waals surface area contributed by atoms with Crippen molar-refractivity contribution in [2.75, 3.05) is 0 Å². The number of benzene rings is 3. The molecule has 1 atom stereocenters. The second-order valence-corrected chi connectivity index (χ2v) is 10.6. The molecule has 3 heterocycles. The molecule has 0 fully saturated rings. The molecule has 6 heteroatoms. The molecular formula is C33H29N3O3. The van der Waals surface area contributed by atoms with Crippen molar-refractivity contribution in [2.45, 2.75) is 51.0 Å². The van der Waals surface area contributed by atoms with Gasteiger partial charge < -0.3 is 9.52 Å². The summed E-state index contributed by atoms with van der Waals surface area (Å²) in [6.45, 7) is 0. The number of furan rings is 1. The number of fused-ring (bicyclic) bond motifs is 5. The van der Waals surface area contributed by atoms with Gasteiger partial charge in [-0.3, -0.25) is 14.5 Å². The first kappa shape index (κ1) is 23.7. The summed E-state index contributed by atoms with van der Waals surface area (Å²) in [5.41, 5.74) is 8.41. The van der Waals surface area contributed by atoms with Crippen molar-refractivity contribution >= 4 is 38.8 Å². The maximum Gasteiger partial charge on any atom is 0.305 e. The number of hydrogen-bond donors (Lipinski definition) is 1. The maximum absolute atomic E-state index is 11.9. The van der Waals surface area contributed by atoms with Gasteiger partial charge >= 0.3 is 5.97 Å². The minimum atomic E-state index is -0.873. The fraction of sp³-hybridized carbons (Fsp3) is 0.242. The van der Waals surface area contributed by atoms with Gasteiger partial charge in [0.1, 0.15) is 11.2 Å². The fourth-order valence-corrected chi connectivity index (χ4v) is 6.01. The van der Waals surface area contributed by atoms with E-state index in [0.29, 0.717) is 0 Å². The normalized spacial score (nSPS) is 14.2. The molecule has 1 unspecified atom stereocenters. The third-order valence-electron chi connectivity index (χ3n) is 8.02. The SMILES string of the molecule is O=C(O)CC(c1ccc2c(c1)oc1ccccc12)n1ncc2cc(CCc3ccc4c(n3)CCCC4)ccc21. The average Bonchev–Trinajstić information content (AvgIpc) is 3.55. The van der Waals surface area contributed by atoms with Crippen molar-refractivity contribution in [3.8, 4) is 0 Å². The van der Waals surface area contributed by atoms with E-state index >= 15 is 0 Å². The molecule has 0 saturated heterocycles. The molecule has 1 aliphatic carbocycles. The van der Waals surface area contributed by atoms with Crippen LogP contribution < -0.4 is 0 Å². The minimum absolute atomic E-state index is 0.0751. The highest BCUT2D eigenvalue weighted by Crippen LogP contribution is 2.33. The Morgan fingerprint density at radius 2 is 1.79 bits per heavy atom. The van der Waals surface area contributed by atoms with Crippen LogP contribution in [0, 0.1) is 0 Å².